The summed E-state index contributed by atoms with van der Waals surface area (Å²) in [5.41, 5.74) is 7.83. The van der Waals surface area contributed by atoms with E-state index in [1.54, 1.807) is 24.3 Å². The number of nitrogens with zero attached hydrogens (tertiary/aromatic N) is 2. The number of halogens is 1. The molecule has 1 heterocycles. The van der Waals surface area contributed by atoms with Crippen molar-refractivity contribution in [2.75, 3.05) is 10.7 Å². The van der Waals surface area contributed by atoms with Gasteiger partial charge < -0.3 is 18.1 Å². The molecule has 0 bridgehead atoms. The smallest absolute Gasteiger partial charge is 0.253 e. The number of nitrogens with two attached hydrogens (primary N) is 1. The normalized spacial score (nSPS) is 14.9. The molecule has 0 aliphatic carbocycles. The van der Waals surface area contributed by atoms with Crippen molar-refractivity contribution in [1.82, 2.24) is 0 Å². The summed E-state index contributed by atoms with van der Waals surface area (Å²) in [6.07, 6.45) is 0.407. The Kier molecular flexibility index (Phi) is 3.31. The number of hydrogen-bond acceptors (Lipinski definition) is 3. The minimum absolute atomic E-state index is 0. The molecule has 0 saturated carbocycles. The van der Waals surface area contributed by atoms with E-state index in [1.165, 1.54) is 5.01 Å². The number of benzene rings is 1. The lowest BCUT2D eigenvalue weighted by atomic mass is 10.2. The van der Waals surface area contributed by atoms with Crippen LogP contribution in [0.3, 0.4) is 0 Å². The maximum Gasteiger partial charge on any atom is 0.253 e. The Labute approximate surface area is 94.2 Å². The van der Waals surface area contributed by atoms with Crippen LogP contribution < -0.4 is 23.1 Å². The van der Waals surface area contributed by atoms with E-state index in [4.69, 9.17) is 5.73 Å². The van der Waals surface area contributed by atoms with E-state index in [0.717, 1.165) is 11.4 Å². The maximum atomic E-state index is 11.5. The second kappa shape index (κ2) is 4.31. The van der Waals surface area contributed by atoms with Gasteiger partial charge in [0.25, 0.3) is 5.91 Å². The van der Waals surface area contributed by atoms with Gasteiger partial charge >= 0.3 is 0 Å². The highest BCUT2D eigenvalue weighted by atomic mass is 35.5. The predicted octanol–water partition coefficient (Wildman–Crippen LogP) is -1.61. The minimum atomic E-state index is 0. The average molecular weight is 225 g/mol. The molecule has 4 nitrogen and oxygen atoms in total. The van der Waals surface area contributed by atoms with Crippen molar-refractivity contribution in [2.45, 2.75) is 13.3 Å². The molecule has 2 rings (SSSR count). The summed E-state index contributed by atoms with van der Waals surface area (Å²) in [7, 11) is 0. The van der Waals surface area contributed by atoms with Crippen molar-refractivity contribution in [3.05, 3.63) is 24.3 Å². The molecular formula is C10H11ClN3O-. The number of carbonyl (C=O) groups excluding carboxylic acids is 1. The zero-order valence-electron chi connectivity index (χ0n) is 8.27. The molecular weight excluding hydrogens is 214 g/mol. The van der Waals surface area contributed by atoms with Crippen LogP contribution in [0.4, 0.5) is 11.4 Å². The van der Waals surface area contributed by atoms with Crippen LogP contribution in [0.1, 0.15) is 13.3 Å². The van der Waals surface area contributed by atoms with E-state index in [-0.39, 0.29) is 18.3 Å². The molecule has 1 aliphatic heterocycles. The summed E-state index contributed by atoms with van der Waals surface area (Å²) in [5.74, 6) is 0.00673. The van der Waals surface area contributed by atoms with E-state index in [2.05, 4.69) is 5.10 Å². The summed E-state index contributed by atoms with van der Waals surface area (Å²) < 4.78 is 0. The van der Waals surface area contributed by atoms with E-state index in [1.807, 2.05) is 6.92 Å². The van der Waals surface area contributed by atoms with Crippen molar-refractivity contribution in [2.24, 2.45) is 5.10 Å². The molecule has 1 aromatic rings. The molecule has 15 heavy (non-hydrogen) atoms. The first-order valence-electron chi connectivity index (χ1n) is 4.39. The number of hydrogen-bond donors (Lipinski definition) is 1. The monoisotopic (exact) mass is 224 g/mol. The highest BCUT2D eigenvalue weighted by Gasteiger charge is 2.22. The standard InChI is InChI=1S/C10H11N3O.ClH/c1-7-6-10(14)13(12-7)9-4-2-8(11)3-5-9;/h2-5H,6,11H2,1H3;1H/p-1. The lowest BCUT2D eigenvalue weighted by Crippen LogP contribution is -3.00. The third-order valence-electron chi connectivity index (χ3n) is 2.05. The van der Waals surface area contributed by atoms with Gasteiger partial charge in [-0.25, -0.2) is 5.01 Å². The molecule has 0 spiro atoms. The molecule has 80 valence electrons. The van der Waals surface area contributed by atoms with Crippen LogP contribution in [0.5, 0.6) is 0 Å². The Hall–Kier alpha value is -1.55. The fourth-order valence-electron chi connectivity index (χ4n) is 1.37. The summed E-state index contributed by atoms with van der Waals surface area (Å²) >= 11 is 0. The summed E-state index contributed by atoms with van der Waals surface area (Å²) in [4.78, 5) is 11.5. The van der Waals surface area contributed by atoms with Gasteiger partial charge in [0.15, 0.2) is 0 Å². The molecule has 0 unspecified atom stereocenters. The molecule has 0 fully saturated rings. The van der Waals surface area contributed by atoms with E-state index in [0.29, 0.717) is 12.1 Å². The topological polar surface area (TPSA) is 58.7 Å². The predicted molar refractivity (Wildman–Crippen MR) is 56.1 cm³/mol. The SMILES string of the molecule is CC1=NN(c2ccc(N)cc2)C(=O)C1.[Cl-]. The van der Waals surface area contributed by atoms with Crippen molar-refractivity contribution in [1.29, 1.82) is 0 Å². The Bertz CT molecular complexity index is 400. The van der Waals surface area contributed by atoms with Crippen LogP contribution in [0.25, 0.3) is 0 Å². The van der Waals surface area contributed by atoms with Gasteiger partial charge in [0.05, 0.1) is 12.1 Å². The van der Waals surface area contributed by atoms with Crippen LogP contribution >= 0.6 is 0 Å². The Morgan fingerprint density at radius 3 is 2.40 bits per heavy atom. The largest absolute Gasteiger partial charge is 1.00 e. The Balaban J connectivity index is 0.00000112. The Morgan fingerprint density at radius 2 is 1.93 bits per heavy atom. The summed E-state index contributed by atoms with van der Waals surface area (Å²) in [5, 5.41) is 5.54. The van der Waals surface area contributed by atoms with E-state index in [9.17, 15) is 4.79 Å². The molecule has 2 N–H and O–H groups in total. The number of hydrazone groups is 1. The highest BCUT2D eigenvalue weighted by Crippen LogP contribution is 2.21. The van der Waals surface area contributed by atoms with Crippen LogP contribution in [-0.4, -0.2) is 11.6 Å². The van der Waals surface area contributed by atoms with Crippen molar-refractivity contribution >= 4 is 23.0 Å². The fourth-order valence-corrected chi connectivity index (χ4v) is 1.37. The third kappa shape index (κ3) is 2.27. The molecule has 1 aliphatic rings. The quantitative estimate of drug-likeness (QED) is 0.584. The van der Waals surface area contributed by atoms with E-state index >= 15 is 0 Å². The molecule has 0 atom stereocenters. The van der Waals surface area contributed by atoms with Gasteiger partial charge in [-0.05, 0) is 31.2 Å². The van der Waals surface area contributed by atoms with Gasteiger partial charge in [0, 0.05) is 11.4 Å². The van der Waals surface area contributed by atoms with Gasteiger partial charge in [-0.3, -0.25) is 4.79 Å². The van der Waals surface area contributed by atoms with Crippen molar-refractivity contribution in [3.63, 3.8) is 0 Å². The van der Waals surface area contributed by atoms with Gasteiger partial charge in [0.2, 0.25) is 0 Å². The third-order valence-corrected chi connectivity index (χ3v) is 2.05. The zero-order valence-corrected chi connectivity index (χ0v) is 9.03. The first kappa shape index (κ1) is 11.5. The second-order valence-electron chi connectivity index (χ2n) is 3.31. The van der Waals surface area contributed by atoms with E-state index < -0.39 is 0 Å². The van der Waals surface area contributed by atoms with Crippen molar-refractivity contribution < 1.29 is 17.2 Å². The number of carbonyl (C=O) groups is 1. The first-order chi connectivity index (χ1) is 6.66. The Morgan fingerprint density at radius 1 is 1.33 bits per heavy atom. The molecule has 0 saturated heterocycles. The molecule has 0 aromatic heterocycles. The minimum Gasteiger partial charge on any atom is -1.00 e. The lowest BCUT2D eigenvalue weighted by Gasteiger charge is -2.11. The van der Waals surface area contributed by atoms with Gasteiger partial charge in [-0.1, -0.05) is 0 Å². The van der Waals surface area contributed by atoms with Crippen LogP contribution in [-0.2, 0) is 4.79 Å². The number of amides is 1. The van der Waals surface area contributed by atoms with Gasteiger partial charge in [0.1, 0.15) is 0 Å². The van der Waals surface area contributed by atoms with Crippen molar-refractivity contribution in [3.8, 4) is 0 Å². The maximum absolute atomic E-state index is 11.5. The van der Waals surface area contributed by atoms with Gasteiger partial charge in [-0.15, -0.1) is 0 Å². The number of rotatable bonds is 1. The lowest BCUT2D eigenvalue weighted by molar-refractivity contribution is -0.116. The summed E-state index contributed by atoms with van der Waals surface area (Å²) in [6, 6.07) is 7.09. The fraction of sp³-hybridized carbons (Fsp3) is 0.200. The number of anilines is 2. The molecule has 1 amide bonds. The van der Waals surface area contributed by atoms with Crippen LogP contribution in [0, 0.1) is 0 Å². The molecule has 5 heteroatoms. The van der Waals surface area contributed by atoms with Gasteiger partial charge in [-0.2, -0.15) is 5.10 Å². The molecule has 1 aromatic carbocycles. The summed E-state index contributed by atoms with van der Waals surface area (Å²) in [6.45, 7) is 1.84. The average Bonchev–Trinajstić information content (AvgIpc) is 2.47. The van der Waals surface area contributed by atoms with Crippen LogP contribution in [0.15, 0.2) is 29.4 Å². The number of nitrogen functional groups attached to an aromatic ring is 1. The second-order valence-corrected chi connectivity index (χ2v) is 3.31. The first-order valence-corrected chi connectivity index (χ1v) is 4.39. The highest BCUT2D eigenvalue weighted by molar-refractivity contribution is 6.12. The molecule has 0 radical (unpaired) electrons. The zero-order chi connectivity index (χ0) is 10.1. The van der Waals surface area contributed by atoms with Crippen LogP contribution in [0.2, 0.25) is 0 Å².